The molecule has 0 N–H and O–H groups in total. The number of amides is 2. The smallest absolute Gasteiger partial charge is 0.416 e. The van der Waals surface area contributed by atoms with Crippen molar-refractivity contribution in [1.82, 2.24) is 14.7 Å². The first-order chi connectivity index (χ1) is 22.6. The van der Waals surface area contributed by atoms with E-state index in [9.17, 15) is 22.8 Å². The predicted octanol–water partition coefficient (Wildman–Crippen LogP) is 6.60. The van der Waals surface area contributed by atoms with Gasteiger partial charge in [-0.1, -0.05) is 59.8 Å². The second kappa shape index (κ2) is 13.8. The number of ether oxygens (including phenoxy) is 1. The molecule has 2 amide bonds. The van der Waals surface area contributed by atoms with Gasteiger partial charge >= 0.3 is 12.3 Å². The van der Waals surface area contributed by atoms with Gasteiger partial charge in [-0.25, -0.2) is 4.79 Å². The fourth-order valence-electron chi connectivity index (χ4n) is 6.83. The first-order valence-corrected chi connectivity index (χ1v) is 16.0. The van der Waals surface area contributed by atoms with E-state index in [4.69, 9.17) is 9.57 Å². The Kier molecular flexibility index (Phi) is 9.54. The van der Waals surface area contributed by atoms with Crippen LogP contribution in [0.4, 0.5) is 18.0 Å². The molecule has 8 nitrogen and oxygen atoms in total. The average Bonchev–Trinajstić information content (AvgIpc) is 3.38. The maximum Gasteiger partial charge on any atom is 0.416 e. The zero-order valence-electron chi connectivity index (χ0n) is 26.4. The number of piperidine rings is 2. The Balaban J connectivity index is 0.981. The van der Waals surface area contributed by atoms with Gasteiger partial charge in [-0.05, 0) is 53.8 Å². The van der Waals surface area contributed by atoms with Gasteiger partial charge in [0.1, 0.15) is 12.7 Å². The molecule has 0 unspecified atom stereocenters. The maximum absolute atomic E-state index is 13.3. The summed E-state index contributed by atoms with van der Waals surface area (Å²) in [5.74, 6) is 0.195. The fourth-order valence-corrected chi connectivity index (χ4v) is 6.83. The number of carbonyl (C=O) groups excluding carboxylic acids is 2. The maximum atomic E-state index is 13.3. The van der Waals surface area contributed by atoms with E-state index in [0.29, 0.717) is 64.2 Å². The zero-order valence-corrected chi connectivity index (χ0v) is 26.4. The topological polar surface area (TPSA) is 74.7 Å². The Morgan fingerprint density at radius 1 is 0.872 bits per heavy atom. The Hall–Kier alpha value is -4.38. The van der Waals surface area contributed by atoms with Crippen LogP contribution < -0.4 is 0 Å². The molecule has 3 aliphatic rings. The van der Waals surface area contributed by atoms with E-state index in [-0.39, 0.29) is 17.9 Å². The minimum atomic E-state index is -4.35. The number of hydrogen-bond donors (Lipinski definition) is 0. The van der Waals surface area contributed by atoms with Crippen LogP contribution in [0.3, 0.4) is 0 Å². The molecule has 47 heavy (non-hydrogen) atoms. The van der Waals surface area contributed by atoms with Gasteiger partial charge in [0.05, 0.1) is 17.8 Å². The Labute approximate surface area is 272 Å². The van der Waals surface area contributed by atoms with Crippen molar-refractivity contribution in [2.24, 2.45) is 11.1 Å². The van der Waals surface area contributed by atoms with Gasteiger partial charge in [0.2, 0.25) is 0 Å². The van der Waals surface area contributed by atoms with Gasteiger partial charge in [-0.2, -0.15) is 13.2 Å². The first-order valence-electron chi connectivity index (χ1n) is 16.0. The van der Waals surface area contributed by atoms with Crippen molar-refractivity contribution in [2.75, 3.05) is 39.8 Å². The quantitative estimate of drug-likeness (QED) is 0.204. The summed E-state index contributed by atoms with van der Waals surface area (Å²) in [5, 5.41) is 4.30. The third-order valence-corrected chi connectivity index (χ3v) is 9.50. The van der Waals surface area contributed by atoms with Crippen LogP contribution in [-0.2, 0) is 28.8 Å². The van der Waals surface area contributed by atoms with Crippen molar-refractivity contribution in [3.63, 3.8) is 0 Å². The molecule has 3 aromatic rings. The molecule has 6 rings (SSSR count). The zero-order chi connectivity index (χ0) is 33.0. The standard InChI is InChI=1S/C36H39F3N4O4/c1-46-40-32(28-5-3-2-4-6-28)29-15-19-42(20-16-29)33(44)30-11-7-27(8-12-30)24-43-25-35(47-34(43)45)17-21-41(22-18-35)23-26-9-13-31(14-10-26)36(37,38)39/h2-14,29H,15-25H2,1H3/b40-32-. The van der Waals surface area contributed by atoms with Crippen LogP contribution in [0.5, 0.6) is 0 Å². The Morgan fingerprint density at radius 2 is 1.49 bits per heavy atom. The number of benzene rings is 3. The third kappa shape index (κ3) is 7.62. The van der Waals surface area contributed by atoms with Crippen LogP contribution in [0.1, 0.15) is 58.3 Å². The highest BCUT2D eigenvalue weighted by molar-refractivity contribution is 6.02. The summed E-state index contributed by atoms with van der Waals surface area (Å²) >= 11 is 0. The summed E-state index contributed by atoms with van der Waals surface area (Å²) in [6.07, 6.45) is -1.79. The number of rotatable bonds is 8. The second-order valence-corrected chi connectivity index (χ2v) is 12.7. The lowest BCUT2D eigenvalue weighted by Gasteiger charge is -2.37. The highest BCUT2D eigenvalue weighted by atomic mass is 19.4. The summed E-state index contributed by atoms with van der Waals surface area (Å²) in [5.41, 5.74) is 3.07. The molecule has 0 aromatic heterocycles. The molecule has 1 spiro atoms. The summed E-state index contributed by atoms with van der Waals surface area (Å²) in [6, 6.07) is 22.7. The average molecular weight is 649 g/mol. The monoisotopic (exact) mass is 648 g/mol. The minimum Gasteiger partial charge on any atom is -0.441 e. The minimum absolute atomic E-state index is 0.0115. The first kappa shape index (κ1) is 32.6. The molecule has 0 aliphatic carbocycles. The number of carbonyl (C=O) groups is 2. The third-order valence-electron chi connectivity index (χ3n) is 9.50. The number of oxime groups is 1. The number of alkyl halides is 3. The fraction of sp³-hybridized carbons (Fsp3) is 0.417. The van der Waals surface area contributed by atoms with Gasteiger partial charge in [0.25, 0.3) is 5.91 Å². The number of nitrogens with zero attached hydrogens (tertiary/aromatic N) is 4. The lowest BCUT2D eigenvalue weighted by Crippen LogP contribution is -2.46. The van der Waals surface area contributed by atoms with Crippen molar-refractivity contribution in [1.29, 1.82) is 0 Å². The van der Waals surface area contributed by atoms with E-state index in [1.54, 1.807) is 12.0 Å². The van der Waals surface area contributed by atoms with Gasteiger partial charge in [0.15, 0.2) is 0 Å². The van der Waals surface area contributed by atoms with Gasteiger partial charge in [-0.3, -0.25) is 14.6 Å². The van der Waals surface area contributed by atoms with E-state index in [0.717, 1.165) is 47.4 Å². The van der Waals surface area contributed by atoms with Crippen molar-refractivity contribution in [3.05, 3.63) is 107 Å². The summed E-state index contributed by atoms with van der Waals surface area (Å²) < 4.78 is 44.5. The molecule has 0 atom stereocenters. The van der Waals surface area contributed by atoms with Crippen LogP contribution in [-0.4, -0.2) is 77.8 Å². The number of likely N-dealkylation sites (tertiary alicyclic amines) is 2. The van der Waals surface area contributed by atoms with Crippen molar-refractivity contribution in [3.8, 4) is 0 Å². The molecule has 11 heteroatoms. The molecule has 3 aromatic carbocycles. The predicted molar refractivity (Wildman–Crippen MR) is 171 cm³/mol. The molecular formula is C36H39F3N4O4. The van der Waals surface area contributed by atoms with Gasteiger partial charge in [0, 0.05) is 63.6 Å². The summed E-state index contributed by atoms with van der Waals surface area (Å²) in [6.45, 7) is 4.04. The van der Waals surface area contributed by atoms with Gasteiger partial charge in [-0.15, -0.1) is 0 Å². The highest BCUT2D eigenvalue weighted by Crippen LogP contribution is 2.35. The molecular weight excluding hydrogens is 609 g/mol. The molecule has 3 fully saturated rings. The molecule has 0 radical (unpaired) electrons. The Morgan fingerprint density at radius 3 is 2.11 bits per heavy atom. The largest absolute Gasteiger partial charge is 0.441 e. The van der Waals surface area contributed by atoms with Crippen LogP contribution in [0.25, 0.3) is 0 Å². The van der Waals surface area contributed by atoms with Crippen molar-refractivity contribution >= 4 is 17.7 Å². The lowest BCUT2D eigenvalue weighted by atomic mass is 9.88. The normalized spacial score (nSPS) is 19.2. The van der Waals surface area contributed by atoms with Crippen molar-refractivity contribution < 1.29 is 32.3 Å². The molecule has 248 valence electrons. The SMILES string of the molecule is CO/N=C(/c1ccccc1)C1CCN(C(=O)c2ccc(CN3CC4(CCN(Cc5ccc(C(F)(F)F)cc5)CC4)OC3=O)cc2)CC1. The number of hydrogen-bond acceptors (Lipinski definition) is 6. The molecule has 3 saturated heterocycles. The van der Waals surface area contributed by atoms with Crippen molar-refractivity contribution in [2.45, 2.75) is 50.6 Å². The Bertz CT molecular complexity index is 1560. The molecule has 3 heterocycles. The lowest BCUT2D eigenvalue weighted by molar-refractivity contribution is -0.137. The van der Waals surface area contributed by atoms with E-state index in [2.05, 4.69) is 10.1 Å². The summed E-state index contributed by atoms with van der Waals surface area (Å²) in [7, 11) is 1.55. The molecule has 0 saturated carbocycles. The highest BCUT2D eigenvalue weighted by Gasteiger charge is 2.46. The summed E-state index contributed by atoms with van der Waals surface area (Å²) in [4.78, 5) is 37.1. The van der Waals surface area contributed by atoms with E-state index in [1.807, 2.05) is 59.5 Å². The van der Waals surface area contributed by atoms with Crippen LogP contribution in [0.15, 0.2) is 84.0 Å². The number of halogens is 3. The molecule has 3 aliphatic heterocycles. The van der Waals surface area contributed by atoms with Crippen LogP contribution >= 0.6 is 0 Å². The molecule has 0 bridgehead atoms. The van der Waals surface area contributed by atoms with E-state index in [1.165, 1.54) is 12.1 Å². The van der Waals surface area contributed by atoms with E-state index >= 15 is 0 Å². The van der Waals surface area contributed by atoms with E-state index < -0.39 is 17.3 Å². The van der Waals surface area contributed by atoms with Crippen LogP contribution in [0, 0.1) is 5.92 Å². The second-order valence-electron chi connectivity index (χ2n) is 12.7. The van der Waals surface area contributed by atoms with Crippen LogP contribution in [0.2, 0.25) is 0 Å². The van der Waals surface area contributed by atoms with Gasteiger partial charge < -0.3 is 14.5 Å².